The van der Waals surface area contributed by atoms with Crippen molar-refractivity contribution in [3.05, 3.63) is 92.7 Å². The van der Waals surface area contributed by atoms with E-state index in [1.807, 2.05) is 12.1 Å². The fourth-order valence-electron chi connectivity index (χ4n) is 4.55. The molecule has 0 radical (unpaired) electrons. The van der Waals surface area contributed by atoms with E-state index in [1.54, 1.807) is 30.3 Å². The number of aromatic nitrogens is 3. The molecule has 2 aromatic carbocycles. The van der Waals surface area contributed by atoms with Crippen molar-refractivity contribution in [2.75, 3.05) is 0 Å². The summed E-state index contributed by atoms with van der Waals surface area (Å²) in [5, 5.41) is 9.27. The Morgan fingerprint density at radius 3 is 2.38 bits per heavy atom. The number of amides is 2. The summed E-state index contributed by atoms with van der Waals surface area (Å²) in [7, 11) is 0. The Hall–Kier alpha value is -4.53. The summed E-state index contributed by atoms with van der Waals surface area (Å²) in [4.78, 5) is 57.4. The Labute approximate surface area is 179 Å². The second kappa shape index (κ2) is 6.24. The van der Waals surface area contributed by atoms with E-state index in [2.05, 4.69) is 9.97 Å². The van der Waals surface area contributed by atoms with E-state index in [0.29, 0.717) is 28.9 Å². The van der Waals surface area contributed by atoms with Crippen LogP contribution in [0.2, 0.25) is 0 Å². The summed E-state index contributed by atoms with van der Waals surface area (Å²) in [6, 6.07) is 12.2. The normalized spacial score (nSPS) is 14.1. The average Bonchev–Trinajstić information content (AvgIpc) is 3.45. The van der Waals surface area contributed by atoms with Gasteiger partial charge in [0.05, 0.1) is 29.1 Å². The van der Waals surface area contributed by atoms with Gasteiger partial charge in [-0.15, -0.1) is 0 Å². The monoisotopic (exact) mass is 426 g/mol. The Morgan fingerprint density at radius 1 is 1.00 bits per heavy atom. The van der Waals surface area contributed by atoms with Gasteiger partial charge in [0.25, 0.3) is 17.4 Å². The van der Waals surface area contributed by atoms with Gasteiger partial charge in [0, 0.05) is 18.2 Å². The predicted molar refractivity (Wildman–Crippen MR) is 112 cm³/mol. The number of carboxylic acids is 1. The Bertz CT molecular complexity index is 1540. The van der Waals surface area contributed by atoms with Gasteiger partial charge in [-0.05, 0) is 23.3 Å². The number of H-pyrrole nitrogens is 1. The van der Waals surface area contributed by atoms with Crippen LogP contribution in [0.1, 0.15) is 48.0 Å². The van der Waals surface area contributed by atoms with Gasteiger partial charge in [0.1, 0.15) is 0 Å². The molecule has 2 amide bonds. The van der Waals surface area contributed by atoms with E-state index in [0.717, 1.165) is 16.7 Å². The van der Waals surface area contributed by atoms with Crippen molar-refractivity contribution >= 4 is 23.4 Å². The molecular weight excluding hydrogens is 412 g/mol. The smallest absolute Gasteiger partial charge is 0.356 e. The van der Waals surface area contributed by atoms with E-state index in [9.17, 15) is 24.3 Å². The van der Waals surface area contributed by atoms with Crippen LogP contribution in [0.15, 0.2) is 53.5 Å². The lowest BCUT2D eigenvalue weighted by molar-refractivity contribution is 0.0639. The molecule has 9 nitrogen and oxygen atoms in total. The Morgan fingerprint density at radius 2 is 1.69 bits per heavy atom. The zero-order valence-electron chi connectivity index (χ0n) is 16.5. The molecule has 0 fully saturated rings. The van der Waals surface area contributed by atoms with Crippen LogP contribution < -0.4 is 5.56 Å². The summed E-state index contributed by atoms with van der Waals surface area (Å²) < 4.78 is 1.50. The minimum Gasteiger partial charge on any atom is -0.476 e. The van der Waals surface area contributed by atoms with Crippen LogP contribution in [-0.2, 0) is 13.0 Å². The lowest BCUT2D eigenvalue weighted by atomic mass is 10.0. The van der Waals surface area contributed by atoms with Gasteiger partial charge < -0.3 is 10.1 Å². The second-order valence-corrected chi connectivity index (χ2v) is 7.76. The molecule has 2 aliphatic rings. The largest absolute Gasteiger partial charge is 0.476 e. The maximum absolute atomic E-state index is 12.8. The number of carbonyl (C=O) groups excluding carboxylic acids is 2. The number of fused-ring (bicyclic) bond motifs is 6. The lowest BCUT2D eigenvalue weighted by Gasteiger charge is -2.16. The van der Waals surface area contributed by atoms with Crippen LogP contribution >= 0.6 is 0 Å². The predicted octanol–water partition coefficient (Wildman–Crippen LogP) is 2.09. The number of nitrogens with zero attached hydrogens (tertiary/aromatic N) is 3. The summed E-state index contributed by atoms with van der Waals surface area (Å²) >= 11 is 0. The van der Waals surface area contributed by atoms with Crippen molar-refractivity contribution < 1.29 is 19.5 Å². The van der Waals surface area contributed by atoms with Gasteiger partial charge in [-0.1, -0.05) is 30.3 Å². The molecular formula is C23H14N4O5. The molecule has 32 heavy (non-hydrogen) atoms. The van der Waals surface area contributed by atoms with Crippen molar-refractivity contribution in [3.63, 3.8) is 0 Å². The van der Waals surface area contributed by atoms with Crippen molar-refractivity contribution in [2.24, 2.45) is 0 Å². The molecule has 9 heteroatoms. The van der Waals surface area contributed by atoms with Gasteiger partial charge >= 0.3 is 5.97 Å². The van der Waals surface area contributed by atoms with Crippen LogP contribution in [0, 0.1) is 0 Å². The third kappa shape index (κ3) is 2.36. The number of aromatic carboxylic acids is 1. The molecule has 0 saturated heterocycles. The highest BCUT2D eigenvalue weighted by atomic mass is 16.4. The van der Waals surface area contributed by atoms with Crippen LogP contribution in [-0.4, -0.2) is 42.2 Å². The number of rotatable bonds is 3. The quantitative estimate of drug-likeness (QED) is 0.426. The lowest BCUT2D eigenvalue weighted by Crippen LogP contribution is -2.29. The van der Waals surface area contributed by atoms with Gasteiger partial charge in [-0.2, -0.15) is 0 Å². The number of carboxylic acid groups (broad SMARTS) is 1. The standard InChI is InChI=1S/C23H14N4O5/c28-20-19-24-16(23(31)32)10-26(19)17-8-15-11(4-3-7-12(15)18(17)25-20)9-27-21(29)13-5-1-2-6-14(13)22(27)30/h1-7,10H,8-9H2,(H,25,28)(H,31,32). The van der Waals surface area contributed by atoms with Crippen molar-refractivity contribution in [3.8, 4) is 11.3 Å². The molecule has 0 spiro atoms. The fourth-order valence-corrected chi connectivity index (χ4v) is 4.55. The zero-order valence-corrected chi connectivity index (χ0v) is 16.5. The summed E-state index contributed by atoms with van der Waals surface area (Å²) in [6.45, 7) is 0.0984. The number of benzene rings is 2. The minimum absolute atomic E-state index is 0.0101. The summed E-state index contributed by atoms with van der Waals surface area (Å²) in [5.41, 5.74) is 3.78. The van der Waals surface area contributed by atoms with Crippen LogP contribution in [0.4, 0.5) is 0 Å². The van der Waals surface area contributed by atoms with Crippen molar-refractivity contribution in [1.82, 2.24) is 19.3 Å². The third-order valence-electron chi connectivity index (χ3n) is 6.04. The van der Waals surface area contributed by atoms with E-state index in [-0.39, 0.29) is 29.7 Å². The fraction of sp³-hybridized carbons (Fsp3) is 0.0870. The number of carbonyl (C=O) groups is 3. The van der Waals surface area contributed by atoms with Crippen LogP contribution in [0.5, 0.6) is 0 Å². The molecule has 0 unspecified atom stereocenters. The molecule has 2 N–H and O–H groups in total. The molecule has 2 aromatic heterocycles. The maximum Gasteiger partial charge on any atom is 0.356 e. The number of imidazole rings is 1. The topological polar surface area (TPSA) is 125 Å². The van der Waals surface area contributed by atoms with Crippen molar-refractivity contribution in [1.29, 1.82) is 0 Å². The molecule has 1 aliphatic carbocycles. The van der Waals surface area contributed by atoms with E-state index in [4.69, 9.17) is 0 Å². The Kier molecular flexibility index (Phi) is 3.56. The van der Waals surface area contributed by atoms with Crippen molar-refractivity contribution in [2.45, 2.75) is 13.0 Å². The highest BCUT2D eigenvalue weighted by molar-refractivity contribution is 6.21. The molecule has 6 rings (SSSR count). The van der Waals surface area contributed by atoms with E-state index >= 15 is 0 Å². The highest BCUT2D eigenvalue weighted by Gasteiger charge is 2.36. The van der Waals surface area contributed by atoms with E-state index in [1.165, 1.54) is 15.5 Å². The number of hydrogen-bond donors (Lipinski definition) is 2. The van der Waals surface area contributed by atoms with Gasteiger partial charge in [-0.25, -0.2) is 9.78 Å². The zero-order chi connectivity index (χ0) is 22.1. The highest BCUT2D eigenvalue weighted by Crippen LogP contribution is 2.37. The average molecular weight is 426 g/mol. The second-order valence-electron chi connectivity index (χ2n) is 7.76. The number of imide groups is 1. The molecule has 1 aliphatic heterocycles. The Balaban J connectivity index is 1.44. The molecule has 0 atom stereocenters. The molecule has 156 valence electrons. The molecule has 3 heterocycles. The molecule has 0 saturated carbocycles. The molecule has 0 bridgehead atoms. The number of nitrogens with one attached hydrogen (secondary N) is 1. The first-order chi connectivity index (χ1) is 15.4. The first-order valence-corrected chi connectivity index (χ1v) is 9.88. The molecule has 4 aromatic rings. The first kappa shape index (κ1) is 18.3. The van der Waals surface area contributed by atoms with Gasteiger partial charge in [-0.3, -0.25) is 23.7 Å². The van der Waals surface area contributed by atoms with Gasteiger partial charge in [0.2, 0.25) is 5.65 Å². The van der Waals surface area contributed by atoms with E-state index < -0.39 is 11.5 Å². The van der Waals surface area contributed by atoms with Gasteiger partial charge in [0.15, 0.2) is 5.69 Å². The summed E-state index contributed by atoms with van der Waals surface area (Å²) in [5.74, 6) is -1.89. The number of aromatic amines is 1. The summed E-state index contributed by atoms with van der Waals surface area (Å²) in [6.07, 6.45) is 1.73. The van der Waals surface area contributed by atoms with Crippen LogP contribution in [0.3, 0.4) is 0 Å². The first-order valence-electron chi connectivity index (χ1n) is 9.88. The minimum atomic E-state index is -1.22. The maximum atomic E-state index is 12.8. The SMILES string of the molecule is O=C(O)c1cn2c3c([nH]c(=O)c2n1)-c1cccc(CN2C(=O)c4ccccc4C2=O)c1C3. The van der Waals surface area contributed by atoms with Crippen LogP contribution in [0.25, 0.3) is 16.9 Å². The number of hydrogen-bond acceptors (Lipinski definition) is 5. The third-order valence-corrected chi connectivity index (χ3v) is 6.04.